The third-order valence-corrected chi connectivity index (χ3v) is 4.45. The highest BCUT2D eigenvalue weighted by atomic mass is 16.5. The van der Waals surface area contributed by atoms with Crippen LogP contribution in [-0.2, 0) is 9.53 Å². The first-order chi connectivity index (χ1) is 9.65. The van der Waals surface area contributed by atoms with Gasteiger partial charge in [0.2, 0.25) is 0 Å². The fourth-order valence-electron chi connectivity index (χ4n) is 3.30. The lowest BCUT2D eigenvalue weighted by molar-refractivity contribution is -0.143. The lowest BCUT2D eigenvalue weighted by Gasteiger charge is -2.35. The molecule has 20 heavy (non-hydrogen) atoms. The van der Waals surface area contributed by atoms with Gasteiger partial charge in [0.1, 0.15) is 0 Å². The second-order valence-corrected chi connectivity index (χ2v) is 6.37. The summed E-state index contributed by atoms with van der Waals surface area (Å²) in [5.74, 6) is 1.59. The van der Waals surface area contributed by atoms with Crippen LogP contribution < -0.4 is 5.32 Å². The Labute approximate surface area is 124 Å². The first-order valence-electron chi connectivity index (χ1n) is 8.54. The summed E-state index contributed by atoms with van der Waals surface area (Å²) in [6.07, 6.45) is 9.32. The van der Waals surface area contributed by atoms with E-state index in [0.29, 0.717) is 19.1 Å². The van der Waals surface area contributed by atoms with E-state index in [1.54, 1.807) is 0 Å². The standard InChI is InChI=1S/C17H33NO2/c1-4-20-17(19)12-6-5-9-13-18-16-11-8-7-10-15(16)14(2)3/h14-16,18H,4-13H2,1-3H3. The van der Waals surface area contributed by atoms with Crippen molar-refractivity contribution in [3.05, 3.63) is 0 Å². The average Bonchev–Trinajstić information content (AvgIpc) is 2.43. The molecule has 0 aromatic heterocycles. The van der Waals surface area contributed by atoms with E-state index < -0.39 is 0 Å². The smallest absolute Gasteiger partial charge is 0.305 e. The molecule has 1 rings (SSSR count). The van der Waals surface area contributed by atoms with Crippen LogP contribution in [0.2, 0.25) is 0 Å². The van der Waals surface area contributed by atoms with Gasteiger partial charge in [-0.3, -0.25) is 4.79 Å². The maximum absolute atomic E-state index is 11.2. The van der Waals surface area contributed by atoms with E-state index in [1.165, 1.54) is 32.1 Å². The van der Waals surface area contributed by atoms with Crippen LogP contribution in [0.15, 0.2) is 0 Å². The molecule has 3 nitrogen and oxygen atoms in total. The van der Waals surface area contributed by atoms with Crippen molar-refractivity contribution in [2.24, 2.45) is 11.8 Å². The van der Waals surface area contributed by atoms with Gasteiger partial charge in [-0.05, 0) is 51.0 Å². The second-order valence-electron chi connectivity index (χ2n) is 6.37. The van der Waals surface area contributed by atoms with Crippen molar-refractivity contribution in [2.75, 3.05) is 13.2 Å². The Morgan fingerprint density at radius 3 is 2.65 bits per heavy atom. The largest absolute Gasteiger partial charge is 0.466 e. The number of rotatable bonds is 9. The first-order valence-corrected chi connectivity index (χ1v) is 8.54. The van der Waals surface area contributed by atoms with Crippen LogP contribution in [0.1, 0.15) is 72.1 Å². The van der Waals surface area contributed by atoms with Gasteiger partial charge in [-0.1, -0.05) is 33.1 Å². The van der Waals surface area contributed by atoms with Gasteiger partial charge in [-0.25, -0.2) is 0 Å². The van der Waals surface area contributed by atoms with E-state index >= 15 is 0 Å². The van der Waals surface area contributed by atoms with E-state index in [1.807, 2.05) is 6.92 Å². The molecular weight excluding hydrogens is 250 g/mol. The molecular formula is C17H33NO2. The third-order valence-electron chi connectivity index (χ3n) is 4.45. The number of hydrogen-bond donors (Lipinski definition) is 1. The molecule has 0 aliphatic heterocycles. The summed E-state index contributed by atoms with van der Waals surface area (Å²) in [4.78, 5) is 11.2. The molecule has 2 unspecified atom stereocenters. The molecule has 0 aromatic carbocycles. The summed E-state index contributed by atoms with van der Waals surface area (Å²) in [5, 5.41) is 3.75. The van der Waals surface area contributed by atoms with E-state index in [2.05, 4.69) is 19.2 Å². The monoisotopic (exact) mass is 283 g/mol. The molecule has 2 atom stereocenters. The number of unbranched alkanes of at least 4 members (excludes halogenated alkanes) is 2. The second kappa shape index (κ2) is 10.2. The Morgan fingerprint density at radius 1 is 1.20 bits per heavy atom. The van der Waals surface area contributed by atoms with Crippen molar-refractivity contribution in [1.82, 2.24) is 5.32 Å². The summed E-state index contributed by atoms with van der Waals surface area (Å²) in [6.45, 7) is 8.15. The minimum Gasteiger partial charge on any atom is -0.466 e. The Kier molecular flexibility index (Phi) is 8.92. The number of carbonyl (C=O) groups is 1. The number of carbonyl (C=O) groups excluding carboxylic acids is 1. The number of hydrogen-bond acceptors (Lipinski definition) is 3. The number of nitrogens with one attached hydrogen (secondary N) is 1. The zero-order valence-corrected chi connectivity index (χ0v) is 13.6. The van der Waals surface area contributed by atoms with Gasteiger partial charge in [-0.2, -0.15) is 0 Å². The number of esters is 1. The van der Waals surface area contributed by atoms with E-state index in [4.69, 9.17) is 4.74 Å². The van der Waals surface area contributed by atoms with Crippen molar-refractivity contribution in [1.29, 1.82) is 0 Å². The lowest BCUT2D eigenvalue weighted by atomic mass is 9.78. The van der Waals surface area contributed by atoms with Crippen LogP contribution in [0.4, 0.5) is 0 Å². The highest BCUT2D eigenvalue weighted by Gasteiger charge is 2.26. The van der Waals surface area contributed by atoms with Gasteiger partial charge in [0.25, 0.3) is 0 Å². The molecule has 1 saturated carbocycles. The topological polar surface area (TPSA) is 38.3 Å². The maximum atomic E-state index is 11.2. The van der Waals surface area contributed by atoms with Crippen LogP contribution in [0.5, 0.6) is 0 Å². The van der Waals surface area contributed by atoms with Gasteiger partial charge in [-0.15, -0.1) is 0 Å². The molecule has 3 heteroatoms. The molecule has 0 spiro atoms. The van der Waals surface area contributed by atoms with Gasteiger partial charge < -0.3 is 10.1 Å². The summed E-state index contributed by atoms with van der Waals surface area (Å²) < 4.78 is 4.93. The average molecular weight is 283 g/mol. The lowest BCUT2D eigenvalue weighted by Crippen LogP contribution is -2.41. The van der Waals surface area contributed by atoms with Crippen LogP contribution in [-0.4, -0.2) is 25.2 Å². The highest BCUT2D eigenvalue weighted by Crippen LogP contribution is 2.30. The Bertz CT molecular complexity index is 266. The van der Waals surface area contributed by atoms with E-state index in [-0.39, 0.29) is 5.97 Å². The summed E-state index contributed by atoms with van der Waals surface area (Å²) in [5.41, 5.74) is 0. The predicted octanol–water partition coefficient (Wildman–Crippen LogP) is 3.91. The quantitative estimate of drug-likeness (QED) is 0.515. The van der Waals surface area contributed by atoms with Crippen LogP contribution in [0, 0.1) is 11.8 Å². The van der Waals surface area contributed by atoms with Crippen molar-refractivity contribution < 1.29 is 9.53 Å². The summed E-state index contributed by atoms with van der Waals surface area (Å²) in [7, 11) is 0. The number of ether oxygens (including phenoxy) is 1. The molecule has 0 bridgehead atoms. The normalized spacial score (nSPS) is 23.0. The Morgan fingerprint density at radius 2 is 1.95 bits per heavy atom. The van der Waals surface area contributed by atoms with Crippen molar-refractivity contribution in [3.8, 4) is 0 Å². The molecule has 1 aliphatic rings. The van der Waals surface area contributed by atoms with Crippen LogP contribution in [0.25, 0.3) is 0 Å². The zero-order chi connectivity index (χ0) is 14.8. The van der Waals surface area contributed by atoms with Crippen molar-refractivity contribution in [3.63, 3.8) is 0 Å². The van der Waals surface area contributed by atoms with Crippen molar-refractivity contribution in [2.45, 2.75) is 78.2 Å². The molecule has 0 saturated heterocycles. The fraction of sp³-hybridized carbons (Fsp3) is 0.941. The molecule has 1 aliphatic carbocycles. The van der Waals surface area contributed by atoms with Gasteiger partial charge in [0.15, 0.2) is 0 Å². The predicted molar refractivity (Wildman–Crippen MR) is 83.7 cm³/mol. The fourth-order valence-corrected chi connectivity index (χ4v) is 3.30. The molecule has 0 aromatic rings. The van der Waals surface area contributed by atoms with Gasteiger partial charge >= 0.3 is 5.97 Å². The summed E-state index contributed by atoms with van der Waals surface area (Å²) >= 11 is 0. The van der Waals surface area contributed by atoms with E-state index in [0.717, 1.165) is 31.2 Å². The SMILES string of the molecule is CCOC(=O)CCCCCNC1CCCCC1C(C)C. The van der Waals surface area contributed by atoms with Crippen LogP contribution >= 0.6 is 0 Å². The minimum absolute atomic E-state index is 0.0485. The van der Waals surface area contributed by atoms with Gasteiger partial charge in [0, 0.05) is 12.5 Å². The highest BCUT2D eigenvalue weighted by molar-refractivity contribution is 5.69. The first kappa shape index (κ1) is 17.5. The van der Waals surface area contributed by atoms with Crippen molar-refractivity contribution >= 4 is 5.97 Å². The molecule has 1 fully saturated rings. The van der Waals surface area contributed by atoms with Gasteiger partial charge in [0.05, 0.1) is 6.61 Å². The van der Waals surface area contributed by atoms with Crippen LogP contribution in [0.3, 0.4) is 0 Å². The molecule has 0 radical (unpaired) electrons. The Hall–Kier alpha value is -0.570. The zero-order valence-electron chi connectivity index (χ0n) is 13.6. The molecule has 118 valence electrons. The Balaban J connectivity index is 2.06. The van der Waals surface area contributed by atoms with E-state index in [9.17, 15) is 4.79 Å². The minimum atomic E-state index is -0.0485. The third kappa shape index (κ3) is 6.74. The summed E-state index contributed by atoms with van der Waals surface area (Å²) in [6, 6.07) is 0.716. The molecule has 0 amide bonds. The molecule has 1 N–H and O–H groups in total. The molecule has 0 heterocycles. The maximum Gasteiger partial charge on any atom is 0.305 e.